The predicted octanol–water partition coefficient (Wildman–Crippen LogP) is 2.81. The third-order valence-corrected chi connectivity index (χ3v) is 3.79. The first-order chi connectivity index (χ1) is 11.4. The van der Waals surface area contributed by atoms with E-state index in [4.69, 9.17) is 4.42 Å². The molecule has 0 radical (unpaired) electrons. The zero-order valence-electron chi connectivity index (χ0n) is 12.6. The Morgan fingerprint density at radius 3 is 2.67 bits per heavy atom. The molecule has 1 saturated heterocycles. The number of rotatable bonds is 3. The molecule has 1 aliphatic rings. The van der Waals surface area contributed by atoms with Gasteiger partial charge in [0.05, 0.1) is 6.26 Å². The van der Waals surface area contributed by atoms with Crippen LogP contribution in [0.3, 0.4) is 0 Å². The lowest BCUT2D eigenvalue weighted by Gasteiger charge is -2.31. The van der Waals surface area contributed by atoms with Gasteiger partial charge in [0.1, 0.15) is 5.69 Å². The largest absolute Gasteiger partial charge is 0.459 e. The number of aromatic nitrogens is 2. The number of halogens is 3. The average molecular weight is 340 g/mol. The van der Waals surface area contributed by atoms with Gasteiger partial charge in [0.15, 0.2) is 5.76 Å². The van der Waals surface area contributed by atoms with E-state index in [1.807, 2.05) is 0 Å². The molecule has 0 bridgehead atoms. The van der Waals surface area contributed by atoms with E-state index in [1.54, 1.807) is 17.0 Å². The molecule has 0 saturated carbocycles. The van der Waals surface area contributed by atoms with Gasteiger partial charge in [-0.2, -0.15) is 13.2 Å². The topological polar surface area (TPSA) is 71.3 Å². The van der Waals surface area contributed by atoms with Crippen LogP contribution in [0.1, 0.15) is 29.1 Å². The lowest BCUT2D eigenvalue weighted by molar-refractivity contribution is -0.141. The molecular formula is C15H15F3N4O2. The highest BCUT2D eigenvalue weighted by Gasteiger charge is 2.33. The van der Waals surface area contributed by atoms with Gasteiger partial charge >= 0.3 is 6.18 Å². The van der Waals surface area contributed by atoms with Crippen LogP contribution in [0.2, 0.25) is 0 Å². The van der Waals surface area contributed by atoms with Crippen molar-refractivity contribution in [2.45, 2.75) is 25.1 Å². The standard InChI is InChI=1S/C15H15F3N4O2/c16-15(17,18)12-3-6-19-14(21-12)20-10-4-7-22(8-5-10)13(23)11-2-1-9-24-11/h1-3,6,9-10H,4-5,7-8H2,(H,19,20,21). The molecular weight excluding hydrogens is 325 g/mol. The van der Waals surface area contributed by atoms with Crippen LogP contribution in [0.15, 0.2) is 35.1 Å². The predicted molar refractivity (Wildman–Crippen MR) is 78.3 cm³/mol. The van der Waals surface area contributed by atoms with E-state index >= 15 is 0 Å². The minimum atomic E-state index is -4.50. The number of nitrogens with zero attached hydrogens (tertiary/aromatic N) is 3. The van der Waals surface area contributed by atoms with Gasteiger partial charge in [0, 0.05) is 25.3 Å². The molecule has 0 aliphatic carbocycles. The minimum Gasteiger partial charge on any atom is -0.459 e. The molecule has 6 nitrogen and oxygen atoms in total. The highest BCUT2D eigenvalue weighted by atomic mass is 19.4. The number of nitrogens with one attached hydrogen (secondary N) is 1. The summed E-state index contributed by atoms with van der Waals surface area (Å²) in [5.41, 5.74) is -0.981. The summed E-state index contributed by atoms with van der Waals surface area (Å²) in [6.45, 7) is 0.965. The van der Waals surface area contributed by atoms with Crippen molar-refractivity contribution in [1.82, 2.24) is 14.9 Å². The van der Waals surface area contributed by atoms with E-state index < -0.39 is 11.9 Å². The second kappa shape index (κ2) is 6.50. The first-order valence-electron chi connectivity index (χ1n) is 7.43. The summed E-state index contributed by atoms with van der Waals surface area (Å²) in [5.74, 6) is 0.0389. The Balaban J connectivity index is 1.57. The van der Waals surface area contributed by atoms with Crippen molar-refractivity contribution >= 4 is 11.9 Å². The summed E-state index contributed by atoms with van der Waals surface area (Å²) in [6, 6.07) is 3.99. The van der Waals surface area contributed by atoms with E-state index in [1.165, 1.54) is 6.26 Å². The van der Waals surface area contributed by atoms with Crippen LogP contribution < -0.4 is 5.32 Å². The SMILES string of the molecule is O=C(c1ccco1)N1CCC(Nc2nccc(C(F)(F)F)n2)CC1. The quantitative estimate of drug-likeness (QED) is 0.930. The zero-order valence-corrected chi connectivity index (χ0v) is 12.6. The Kier molecular flexibility index (Phi) is 4.41. The van der Waals surface area contributed by atoms with Gasteiger partial charge < -0.3 is 14.6 Å². The Bertz CT molecular complexity index is 695. The Hall–Kier alpha value is -2.58. The molecule has 0 unspecified atom stereocenters. The fourth-order valence-electron chi connectivity index (χ4n) is 2.55. The summed E-state index contributed by atoms with van der Waals surface area (Å²) in [5, 5.41) is 2.90. The van der Waals surface area contributed by atoms with Crippen LogP contribution in [0, 0.1) is 0 Å². The van der Waals surface area contributed by atoms with Crippen LogP contribution in [0.25, 0.3) is 0 Å². The summed E-state index contributed by atoms with van der Waals surface area (Å²) in [4.78, 5) is 21.1. The number of hydrogen-bond donors (Lipinski definition) is 1. The third kappa shape index (κ3) is 3.66. The fraction of sp³-hybridized carbons (Fsp3) is 0.400. The van der Waals surface area contributed by atoms with Crippen molar-refractivity contribution in [2.24, 2.45) is 0 Å². The number of alkyl halides is 3. The number of piperidine rings is 1. The van der Waals surface area contributed by atoms with Gasteiger partial charge in [-0.1, -0.05) is 0 Å². The second-order valence-electron chi connectivity index (χ2n) is 5.45. The number of anilines is 1. The van der Waals surface area contributed by atoms with Gasteiger partial charge in [-0.3, -0.25) is 4.79 Å². The van der Waals surface area contributed by atoms with E-state index in [9.17, 15) is 18.0 Å². The minimum absolute atomic E-state index is 0.0550. The summed E-state index contributed by atoms with van der Waals surface area (Å²) in [7, 11) is 0. The van der Waals surface area contributed by atoms with Gasteiger partial charge in [0.2, 0.25) is 5.95 Å². The molecule has 1 N–H and O–H groups in total. The van der Waals surface area contributed by atoms with Crippen molar-refractivity contribution in [2.75, 3.05) is 18.4 Å². The van der Waals surface area contributed by atoms with Crippen LogP contribution in [0.4, 0.5) is 19.1 Å². The molecule has 2 aromatic heterocycles. The zero-order chi connectivity index (χ0) is 17.2. The average Bonchev–Trinajstić information content (AvgIpc) is 3.09. The molecule has 1 fully saturated rings. The van der Waals surface area contributed by atoms with Crippen LogP contribution in [-0.4, -0.2) is 39.9 Å². The van der Waals surface area contributed by atoms with Gasteiger partial charge in [0.25, 0.3) is 5.91 Å². The van der Waals surface area contributed by atoms with Gasteiger partial charge in [-0.25, -0.2) is 9.97 Å². The van der Waals surface area contributed by atoms with Crippen LogP contribution >= 0.6 is 0 Å². The van der Waals surface area contributed by atoms with Crippen molar-refractivity contribution in [1.29, 1.82) is 0 Å². The lowest BCUT2D eigenvalue weighted by atomic mass is 10.0. The number of carbonyl (C=O) groups is 1. The highest BCUT2D eigenvalue weighted by Crippen LogP contribution is 2.28. The molecule has 9 heteroatoms. The molecule has 3 heterocycles. The monoisotopic (exact) mass is 340 g/mol. The van der Waals surface area contributed by atoms with Crippen molar-refractivity contribution < 1.29 is 22.4 Å². The van der Waals surface area contributed by atoms with Crippen LogP contribution in [0.5, 0.6) is 0 Å². The van der Waals surface area contributed by atoms with Crippen LogP contribution in [-0.2, 0) is 6.18 Å². The van der Waals surface area contributed by atoms with Gasteiger partial charge in [-0.15, -0.1) is 0 Å². The first kappa shape index (κ1) is 16.3. The lowest BCUT2D eigenvalue weighted by Crippen LogP contribution is -2.42. The van der Waals surface area contributed by atoms with E-state index in [-0.39, 0.29) is 23.7 Å². The maximum Gasteiger partial charge on any atom is 0.433 e. The molecule has 128 valence electrons. The van der Waals surface area contributed by atoms with Crippen molar-refractivity contribution in [3.63, 3.8) is 0 Å². The Morgan fingerprint density at radius 2 is 2.04 bits per heavy atom. The molecule has 0 atom stereocenters. The van der Waals surface area contributed by atoms with Gasteiger partial charge in [-0.05, 0) is 31.0 Å². The molecule has 0 spiro atoms. The highest BCUT2D eigenvalue weighted by molar-refractivity contribution is 5.91. The fourth-order valence-corrected chi connectivity index (χ4v) is 2.55. The molecule has 2 aromatic rings. The van der Waals surface area contributed by atoms with E-state index in [2.05, 4.69) is 15.3 Å². The number of carbonyl (C=O) groups excluding carboxylic acids is 1. The number of likely N-dealkylation sites (tertiary alicyclic amines) is 1. The maximum atomic E-state index is 12.6. The maximum absolute atomic E-state index is 12.6. The summed E-state index contributed by atoms with van der Waals surface area (Å²) in [6.07, 6.45) is -0.809. The Morgan fingerprint density at radius 1 is 1.29 bits per heavy atom. The molecule has 0 aromatic carbocycles. The van der Waals surface area contributed by atoms with E-state index in [0.717, 1.165) is 12.3 Å². The summed E-state index contributed by atoms with van der Waals surface area (Å²) >= 11 is 0. The van der Waals surface area contributed by atoms with Crippen molar-refractivity contribution in [3.8, 4) is 0 Å². The molecule has 1 amide bonds. The molecule has 1 aliphatic heterocycles. The number of furan rings is 1. The molecule has 3 rings (SSSR count). The Labute approximate surface area is 135 Å². The number of hydrogen-bond acceptors (Lipinski definition) is 5. The van der Waals surface area contributed by atoms with Crippen molar-refractivity contribution in [3.05, 3.63) is 42.1 Å². The first-order valence-corrected chi connectivity index (χ1v) is 7.43. The smallest absolute Gasteiger partial charge is 0.433 e. The third-order valence-electron chi connectivity index (χ3n) is 3.79. The molecule has 24 heavy (non-hydrogen) atoms. The summed E-state index contributed by atoms with van der Waals surface area (Å²) < 4.78 is 43.0. The number of amides is 1. The normalized spacial score (nSPS) is 16.2. The second-order valence-corrected chi connectivity index (χ2v) is 5.45. The van der Waals surface area contributed by atoms with E-state index in [0.29, 0.717) is 25.9 Å².